The van der Waals surface area contributed by atoms with Crippen LogP contribution in [0.1, 0.15) is 48.5 Å². The van der Waals surface area contributed by atoms with Gasteiger partial charge in [0.2, 0.25) is 5.91 Å². The van der Waals surface area contributed by atoms with Crippen LogP contribution >= 0.6 is 0 Å². The van der Waals surface area contributed by atoms with Crippen LogP contribution in [0.5, 0.6) is 0 Å². The molecule has 0 unspecified atom stereocenters. The summed E-state index contributed by atoms with van der Waals surface area (Å²) >= 11 is 0. The van der Waals surface area contributed by atoms with Gasteiger partial charge in [0, 0.05) is 32.6 Å². The number of alkyl halides is 3. The zero-order valence-electron chi connectivity index (χ0n) is 18.0. The fourth-order valence-corrected chi connectivity index (χ4v) is 3.64. The van der Waals surface area contributed by atoms with E-state index in [0.29, 0.717) is 38.4 Å². The van der Waals surface area contributed by atoms with E-state index in [1.165, 1.54) is 23.1 Å². The Morgan fingerprint density at radius 1 is 1.03 bits per heavy atom. The number of benzene rings is 1. The molecule has 0 atom stereocenters. The van der Waals surface area contributed by atoms with Gasteiger partial charge in [0.25, 0.3) is 5.91 Å². The van der Waals surface area contributed by atoms with Crippen LogP contribution in [0.2, 0.25) is 0 Å². The minimum Gasteiger partial charge on any atom is -0.367 e. The van der Waals surface area contributed by atoms with Crippen molar-refractivity contribution < 1.29 is 22.8 Å². The summed E-state index contributed by atoms with van der Waals surface area (Å²) in [6, 6.07) is 8.43. The number of hydrogen-bond donors (Lipinski definition) is 1. The lowest BCUT2D eigenvalue weighted by Crippen LogP contribution is -2.49. The third-order valence-corrected chi connectivity index (χ3v) is 5.42. The molecule has 2 aromatic rings. The third kappa shape index (κ3) is 5.99. The number of amides is 2. The minimum atomic E-state index is -4.58. The quantitative estimate of drug-likeness (QED) is 0.630. The maximum atomic E-state index is 13.2. The molecule has 2 amide bonds. The van der Waals surface area contributed by atoms with Crippen LogP contribution in [0.4, 0.5) is 24.7 Å². The van der Waals surface area contributed by atoms with Gasteiger partial charge in [-0.25, -0.2) is 4.98 Å². The predicted octanol–water partition coefficient (Wildman–Crippen LogP) is 4.58. The van der Waals surface area contributed by atoms with Gasteiger partial charge in [-0.05, 0) is 30.7 Å². The van der Waals surface area contributed by atoms with Gasteiger partial charge in [0.05, 0.1) is 23.0 Å². The zero-order valence-corrected chi connectivity index (χ0v) is 18.0. The van der Waals surface area contributed by atoms with Crippen molar-refractivity contribution in [1.82, 2.24) is 9.88 Å². The Morgan fingerprint density at radius 2 is 1.75 bits per heavy atom. The Bertz CT molecular complexity index is 924. The van der Waals surface area contributed by atoms with E-state index in [4.69, 9.17) is 0 Å². The molecule has 0 radical (unpaired) electrons. The van der Waals surface area contributed by atoms with Crippen molar-refractivity contribution >= 4 is 23.3 Å². The summed E-state index contributed by atoms with van der Waals surface area (Å²) in [5, 5.41) is 2.78. The number of rotatable bonds is 7. The Morgan fingerprint density at radius 3 is 2.38 bits per heavy atom. The lowest BCUT2D eigenvalue weighted by atomic mass is 10.1. The van der Waals surface area contributed by atoms with E-state index in [1.807, 2.05) is 11.0 Å². The highest BCUT2D eigenvalue weighted by molar-refractivity contribution is 5.96. The van der Waals surface area contributed by atoms with Crippen LogP contribution < -0.4 is 10.2 Å². The first kappa shape index (κ1) is 23.6. The van der Waals surface area contributed by atoms with Gasteiger partial charge < -0.3 is 15.1 Å². The molecular formula is C23H27F3N4O2. The van der Waals surface area contributed by atoms with Crippen molar-refractivity contribution in [3.05, 3.63) is 53.7 Å². The number of halogens is 3. The molecule has 32 heavy (non-hydrogen) atoms. The van der Waals surface area contributed by atoms with E-state index in [0.717, 1.165) is 31.0 Å². The van der Waals surface area contributed by atoms with E-state index in [2.05, 4.69) is 17.2 Å². The number of carbonyl (C=O) groups excluding carboxylic acids is 2. The van der Waals surface area contributed by atoms with E-state index in [9.17, 15) is 22.8 Å². The predicted molar refractivity (Wildman–Crippen MR) is 117 cm³/mol. The molecule has 6 nitrogen and oxygen atoms in total. The fourth-order valence-electron chi connectivity index (χ4n) is 3.64. The number of nitrogens with zero attached hydrogens (tertiary/aromatic N) is 3. The summed E-state index contributed by atoms with van der Waals surface area (Å²) < 4.78 is 39.7. The lowest BCUT2D eigenvalue weighted by Gasteiger charge is -2.36. The number of carbonyl (C=O) groups is 2. The SMILES string of the molecule is CCCCCC(=O)Nc1ccc(N2CCN(C(=O)c3ccccc3C(F)(F)F)CC2)cn1. The summed E-state index contributed by atoms with van der Waals surface area (Å²) in [4.78, 5) is 32.4. The normalized spacial score (nSPS) is 14.4. The Labute approximate surface area is 185 Å². The fraction of sp³-hybridized carbons (Fsp3) is 0.435. The van der Waals surface area contributed by atoms with Gasteiger partial charge in [-0.1, -0.05) is 31.9 Å². The van der Waals surface area contributed by atoms with Gasteiger partial charge in [0.15, 0.2) is 0 Å². The Hall–Kier alpha value is -3.10. The number of anilines is 2. The van der Waals surface area contributed by atoms with E-state index in [1.54, 1.807) is 12.3 Å². The standard InChI is InChI=1S/C23H27F3N4O2/c1-2-3-4-9-21(31)28-20-11-10-17(16-27-20)29-12-14-30(15-13-29)22(32)18-7-5-6-8-19(18)23(24,25)26/h5-8,10-11,16H,2-4,9,12-15H2,1H3,(H,27,28,31). The smallest absolute Gasteiger partial charge is 0.367 e. The summed E-state index contributed by atoms with van der Waals surface area (Å²) in [5.41, 5.74) is -0.408. The molecule has 9 heteroatoms. The number of aromatic nitrogens is 1. The molecular weight excluding hydrogens is 421 g/mol. The Kier molecular flexibility index (Phi) is 7.71. The molecule has 0 aliphatic carbocycles. The van der Waals surface area contributed by atoms with E-state index >= 15 is 0 Å². The van der Waals surface area contributed by atoms with Crippen LogP contribution in [-0.4, -0.2) is 47.9 Å². The second-order valence-electron chi connectivity index (χ2n) is 7.73. The first-order valence-corrected chi connectivity index (χ1v) is 10.8. The summed E-state index contributed by atoms with van der Waals surface area (Å²) in [6.45, 7) is 3.64. The highest BCUT2D eigenvalue weighted by Crippen LogP contribution is 2.32. The number of unbranched alkanes of at least 4 members (excludes halogenated alkanes) is 2. The first-order valence-electron chi connectivity index (χ1n) is 10.8. The van der Waals surface area contributed by atoms with Gasteiger partial charge in [-0.3, -0.25) is 9.59 Å². The van der Waals surface area contributed by atoms with Crippen molar-refractivity contribution in [2.45, 2.75) is 38.8 Å². The maximum Gasteiger partial charge on any atom is 0.417 e. The van der Waals surface area contributed by atoms with Crippen LogP contribution in [0.3, 0.4) is 0 Å². The summed E-state index contributed by atoms with van der Waals surface area (Å²) in [6.07, 6.45) is 0.441. The highest BCUT2D eigenvalue weighted by atomic mass is 19.4. The second-order valence-corrected chi connectivity index (χ2v) is 7.73. The van der Waals surface area contributed by atoms with E-state index < -0.39 is 17.6 Å². The van der Waals surface area contributed by atoms with Crippen LogP contribution in [0, 0.1) is 0 Å². The minimum absolute atomic E-state index is 0.0648. The molecule has 2 heterocycles. The van der Waals surface area contributed by atoms with Crippen LogP contribution in [-0.2, 0) is 11.0 Å². The van der Waals surface area contributed by atoms with Crippen molar-refractivity contribution in [1.29, 1.82) is 0 Å². The van der Waals surface area contributed by atoms with Gasteiger partial charge in [-0.15, -0.1) is 0 Å². The molecule has 1 aliphatic heterocycles. The lowest BCUT2D eigenvalue weighted by molar-refractivity contribution is -0.138. The average Bonchev–Trinajstić information content (AvgIpc) is 2.79. The second kappa shape index (κ2) is 10.5. The molecule has 1 aromatic heterocycles. The molecule has 1 N–H and O–H groups in total. The number of pyridine rings is 1. The van der Waals surface area contributed by atoms with Crippen LogP contribution in [0.15, 0.2) is 42.6 Å². The molecule has 0 bridgehead atoms. The number of piperazine rings is 1. The van der Waals surface area contributed by atoms with E-state index in [-0.39, 0.29) is 11.5 Å². The van der Waals surface area contributed by atoms with Crippen molar-refractivity contribution in [2.75, 3.05) is 36.4 Å². The average molecular weight is 448 g/mol. The molecule has 1 aliphatic rings. The van der Waals surface area contributed by atoms with Crippen molar-refractivity contribution in [3.63, 3.8) is 0 Å². The molecule has 0 saturated carbocycles. The summed E-state index contributed by atoms with van der Waals surface area (Å²) in [7, 11) is 0. The van der Waals surface area contributed by atoms with Gasteiger partial charge in [-0.2, -0.15) is 13.2 Å². The maximum absolute atomic E-state index is 13.2. The molecule has 0 spiro atoms. The number of nitrogens with one attached hydrogen (secondary N) is 1. The third-order valence-electron chi connectivity index (χ3n) is 5.42. The molecule has 1 aromatic carbocycles. The largest absolute Gasteiger partial charge is 0.417 e. The highest BCUT2D eigenvalue weighted by Gasteiger charge is 2.36. The van der Waals surface area contributed by atoms with Crippen LogP contribution in [0.25, 0.3) is 0 Å². The van der Waals surface area contributed by atoms with Crippen molar-refractivity contribution in [2.24, 2.45) is 0 Å². The monoisotopic (exact) mass is 448 g/mol. The van der Waals surface area contributed by atoms with Gasteiger partial charge in [0.1, 0.15) is 5.82 Å². The Balaban J connectivity index is 1.56. The summed E-state index contributed by atoms with van der Waals surface area (Å²) in [5.74, 6) is -0.199. The van der Waals surface area contributed by atoms with Crippen molar-refractivity contribution in [3.8, 4) is 0 Å². The molecule has 1 fully saturated rings. The van der Waals surface area contributed by atoms with Gasteiger partial charge >= 0.3 is 6.18 Å². The first-order chi connectivity index (χ1) is 15.3. The topological polar surface area (TPSA) is 65.5 Å². The zero-order chi connectivity index (χ0) is 23.1. The molecule has 3 rings (SSSR count). The number of hydrogen-bond acceptors (Lipinski definition) is 4. The molecule has 172 valence electrons. The molecule has 1 saturated heterocycles.